The van der Waals surface area contributed by atoms with Crippen molar-refractivity contribution in [2.75, 3.05) is 0 Å². The van der Waals surface area contributed by atoms with Crippen molar-refractivity contribution in [3.63, 3.8) is 0 Å². The number of nitrogens with zero attached hydrogens (tertiary/aromatic N) is 2. The number of nitrogens with one attached hydrogen (secondary N) is 1. The van der Waals surface area contributed by atoms with E-state index in [1.165, 1.54) is 12.8 Å². The highest BCUT2D eigenvalue weighted by Crippen LogP contribution is 2.31. The summed E-state index contributed by atoms with van der Waals surface area (Å²) in [5.41, 5.74) is 7.84. The fourth-order valence-electron chi connectivity index (χ4n) is 2.53. The van der Waals surface area contributed by atoms with Crippen LogP contribution >= 0.6 is 0 Å². The average Bonchev–Trinajstić information content (AvgIpc) is 2.72. The van der Waals surface area contributed by atoms with Crippen molar-refractivity contribution in [1.82, 2.24) is 15.0 Å². The van der Waals surface area contributed by atoms with Gasteiger partial charge in [0.15, 0.2) is 5.65 Å². The second kappa shape index (κ2) is 3.87. The van der Waals surface area contributed by atoms with E-state index in [-0.39, 0.29) is 0 Å². The molecule has 3 rings (SSSR count). The molecule has 1 fully saturated rings. The molecule has 2 atom stereocenters. The Hall–Kier alpha value is -1.42. The minimum absolute atomic E-state index is 0.333. The van der Waals surface area contributed by atoms with Gasteiger partial charge in [0.05, 0.1) is 5.52 Å². The van der Waals surface area contributed by atoms with Gasteiger partial charge < -0.3 is 10.7 Å². The minimum atomic E-state index is 0.333. The molecule has 0 amide bonds. The number of nitrogens with two attached hydrogens (primary N) is 1. The maximum absolute atomic E-state index is 6.00. The highest BCUT2D eigenvalue weighted by Gasteiger charge is 2.23. The lowest BCUT2D eigenvalue weighted by atomic mass is 9.86. The van der Waals surface area contributed by atoms with E-state index in [9.17, 15) is 0 Å². The van der Waals surface area contributed by atoms with Crippen LogP contribution in [-0.4, -0.2) is 21.0 Å². The molecule has 0 saturated heterocycles. The monoisotopic (exact) mass is 216 g/mol. The Morgan fingerprint density at radius 3 is 3.12 bits per heavy atom. The Kier molecular flexibility index (Phi) is 2.36. The maximum Gasteiger partial charge on any atom is 0.177 e. The first-order valence-electron chi connectivity index (χ1n) is 5.89. The summed E-state index contributed by atoms with van der Waals surface area (Å²) in [5, 5.41) is 0. The number of aromatic nitrogens is 3. The number of rotatable bonds is 1. The molecular weight excluding hydrogens is 200 g/mol. The van der Waals surface area contributed by atoms with E-state index in [0.29, 0.717) is 12.0 Å². The molecule has 0 aromatic carbocycles. The summed E-state index contributed by atoms with van der Waals surface area (Å²) >= 11 is 0. The number of fused-ring (bicyclic) bond motifs is 1. The summed E-state index contributed by atoms with van der Waals surface area (Å²) in [6, 6.07) is 4.28. The molecule has 1 aliphatic rings. The van der Waals surface area contributed by atoms with Crippen LogP contribution in [0.2, 0.25) is 0 Å². The van der Waals surface area contributed by atoms with Crippen LogP contribution in [0.15, 0.2) is 18.3 Å². The van der Waals surface area contributed by atoms with Crippen molar-refractivity contribution in [3.05, 3.63) is 24.2 Å². The third kappa shape index (κ3) is 1.69. The number of H-pyrrole nitrogens is 1. The maximum atomic E-state index is 6.00. The average molecular weight is 216 g/mol. The Bertz CT molecular complexity index is 457. The molecule has 2 heterocycles. The van der Waals surface area contributed by atoms with Gasteiger partial charge in [0.25, 0.3) is 0 Å². The molecule has 16 heavy (non-hydrogen) atoms. The molecule has 0 aliphatic heterocycles. The van der Waals surface area contributed by atoms with Crippen LogP contribution in [0.5, 0.6) is 0 Å². The van der Waals surface area contributed by atoms with Crippen LogP contribution in [0.4, 0.5) is 0 Å². The Labute approximate surface area is 94.3 Å². The first-order chi connectivity index (χ1) is 7.83. The van der Waals surface area contributed by atoms with Crippen LogP contribution in [-0.2, 0) is 0 Å². The first kappa shape index (κ1) is 9.78. The Morgan fingerprint density at radius 2 is 2.31 bits per heavy atom. The minimum Gasteiger partial charge on any atom is -0.340 e. The van der Waals surface area contributed by atoms with E-state index in [2.05, 4.69) is 15.0 Å². The molecule has 3 N–H and O–H groups in total. The van der Waals surface area contributed by atoms with Gasteiger partial charge in [0.1, 0.15) is 5.82 Å². The molecule has 0 bridgehead atoms. The van der Waals surface area contributed by atoms with E-state index >= 15 is 0 Å². The van der Waals surface area contributed by atoms with Crippen LogP contribution < -0.4 is 5.73 Å². The number of aromatic amines is 1. The summed E-state index contributed by atoms with van der Waals surface area (Å²) in [6.45, 7) is 0. The Balaban J connectivity index is 1.93. The predicted octanol–water partition coefficient (Wildman–Crippen LogP) is 1.94. The third-order valence-electron chi connectivity index (χ3n) is 3.38. The van der Waals surface area contributed by atoms with Crippen LogP contribution in [0.25, 0.3) is 11.2 Å². The van der Waals surface area contributed by atoms with Crippen molar-refractivity contribution >= 4 is 11.2 Å². The molecule has 2 aromatic rings. The van der Waals surface area contributed by atoms with Crippen molar-refractivity contribution in [2.24, 2.45) is 5.73 Å². The van der Waals surface area contributed by atoms with Crippen LogP contribution in [0.1, 0.15) is 37.4 Å². The molecule has 0 radical (unpaired) electrons. The first-order valence-corrected chi connectivity index (χ1v) is 5.89. The highest BCUT2D eigenvalue weighted by molar-refractivity contribution is 5.70. The quantitative estimate of drug-likeness (QED) is 0.765. The van der Waals surface area contributed by atoms with E-state index in [1.54, 1.807) is 6.20 Å². The fourth-order valence-corrected chi connectivity index (χ4v) is 2.53. The molecule has 2 unspecified atom stereocenters. The van der Waals surface area contributed by atoms with Gasteiger partial charge in [-0.15, -0.1) is 0 Å². The second-order valence-corrected chi connectivity index (χ2v) is 4.62. The van der Waals surface area contributed by atoms with Gasteiger partial charge in [0.2, 0.25) is 0 Å². The summed E-state index contributed by atoms with van der Waals surface area (Å²) in [5.74, 6) is 1.54. The van der Waals surface area contributed by atoms with Crippen molar-refractivity contribution in [3.8, 4) is 0 Å². The summed E-state index contributed by atoms with van der Waals surface area (Å²) in [6.07, 6.45) is 6.36. The Morgan fingerprint density at radius 1 is 1.38 bits per heavy atom. The lowest BCUT2D eigenvalue weighted by Crippen LogP contribution is -2.27. The number of pyridine rings is 1. The molecule has 4 heteroatoms. The zero-order chi connectivity index (χ0) is 11.0. The van der Waals surface area contributed by atoms with E-state index in [1.807, 2.05) is 12.1 Å². The second-order valence-electron chi connectivity index (χ2n) is 4.62. The van der Waals surface area contributed by atoms with E-state index in [4.69, 9.17) is 5.73 Å². The van der Waals surface area contributed by atoms with Gasteiger partial charge in [-0.2, -0.15) is 0 Å². The molecule has 0 spiro atoms. The topological polar surface area (TPSA) is 67.6 Å². The zero-order valence-electron chi connectivity index (χ0n) is 9.19. The smallest absolute Gasteiger partial charge is 0.177 e. The third-order valence-corrected chi connectivity index (χ3v) is 3.38. The highest BCUT2D eigenvalue weighted by atomic mass is 15.0. The summed E-state index contributed by atoms with van der Waals surface area (Å²) < 4.78 is 0. The van der Waals surface area contributed by atoms with Gasteiger partial charge in [-0.05, 0) is 31.4 Å². The van der Waals surface area contributed by atoms with Gasteiger partial charge >= 0.3 is 0 Å². The molecule has 2 aromatic heterocycles. The summed E-state index contributed by atoms with van der Waals surface area (Å²) in [4.78, 5) is 12.1. The predicted molar refractivity (Wildman–Crippen MR) is 63.1 cm³/mol. The molecular formula is C12H16N4. The molecule has 84 valence electrons. The van der Waals surface area contributed by atoms with Crippen molar-refractivity contribution in [2.45, 2.75) is 37.6 Å². The standard InChI is InChI=1S/C12H16N4/c13-9-4-1-3-8(7-9)11-15-10-5-2-6-14-12(10)16-11/h2,5-6,8-9H,1,3-4,7,13H2,(H,14,15,16). The lowest BCUT2D eigenvalue weighted by Gasteiger charge is -2.24. The van der Waals surface area contributed by atoms with Gasteiger partial charge in [-0.3, -0.25) is 0 Å². The summed E-state index contributed by atoms with van der Waals surface area (Å²) in [7, 11) is 0. The lowest BCUT2D eigenvalue weighted by molar-refractivity contribution is 0.384. The number of hydrogen-bond acceptors (Lipinski definition) is 3. The largest absolute Gasteiger partial charge is 0.340 e. The van der Waals surface area contributed by atoms with Gasteiger partial charge in [0, 0.05) is 18.2 Å². The van der Waals surface area contributed by atoms with Crippen LogP contribution in [0.3, 0.4) is 0 Å². The molecule has 4 nitrogen and oxygen atoms in total. The zero-order valence-corrected chi connectivity index (χ0v) is 9.19. The van der Waals surface area contributed by atoms with Crippen molar-refractivity contribution in [1.29, 1.82) is 0 Å². The molecule has 1 saturated carbocycles. The normalized spacial score (nSPS) is 26.1. The molecule has 1 aliphatic carbocycles. The van der Waals surface area contributed by atoms with Crippen LogP contribution in [0, 0.1) is 0 Å². The van der Waals surface area contributed by atoms with Gasteiger partial charge in [-0.25, -0.2) is 9.97 Å². The SMILES string of the molecule is NC1CCCC(c2nc3ncccc3[nH]2)C1. The fraction of sp³-hybridized carbons (Fsp3) is 0.500. The van der Waals surface area contributed by atoms with E-state index < -0.39 is 0 Å². The van der Waals surface area contributed by atoms with Crippen molar-refractivity contribution < 1.29 is 0 Å². The van der Waals surface area contributed by atoms with Gasteiger partial charge in [-0.1, -0.05) is 6.42 Å². The van der Waals surface area contributed by atoms with E-state index in [0.717, 1.165) is 29.8 Å². The number of hydrogen-bond donors (Lipinski definition) is 2. The number of imidazole rings is 1.